The quantitative estimate of drug-likeness (QED) is 0.845. The summed E-state index contributed by atoms with van der Waals surface area (Å²) in [6.45, 7) is 0. The van der Waals surface area contributed by atoms with E-state index in [2.05, 4.69) is 0 Å². The lowest BCUT2D eigenvalue weighted by atomic mass is 10.3. The van der Waals surface area contributed by atoms with E-state index in [0.717, 1.165) is 4.31 Å². The highest BCUT2D eigenvalue weighted by atomic mass is 35.5. The highest BCUT2D eigenvalue weighted by Gasteiger charge is 2.22. The van der Waals surface area contributed by atoms with Crippen molar-refractivity contribution in [3.63, 3.8) is 0 Å². The molecule has 0 atom stereocenters. The highest BCUT2D eigenvalue weighted by molar-refractivity contribution is 7.92. The Morgan fingerprint density at radius 1 is 1.10 bits per heavy atom. The zero-order valence-corrected chi connectivity index (χ0v) is 13.7. The number of hydrogen-bond acceptors (Lipinski definition) is 3. The zero-order valence-electron chi connectivity index (χ0n) is 11.4. The van der Waals surface area contributed by atoms with E-state index in [1.807, 2.05) is 0 Å². The predicted molar refractivity (Wildman–Crippen MR) is 85.0 cm³/mol. The van der Waals surface area contributed by atoms with Crippen molar-refractivity contribution in [3.05, 3.63) is 52.5 Å². The van der Waals surface area contributed by atoms with Crippen LogP contribution >= 0.6 is 23.2 Å². The van der Waals surface area contributed by atoms with Crippen molar-refractivity contribution >= 4 is 38.9 Å². The van der Waals surface area contributed by atoms with Gasteiger partial charge in [-0.2, -0.15) is 0 Å². The van der Waals surface area contributed by atoms with E-state index in [1.54, 1.807) is 24.3 Å². The molecule has 0 spiro atoms. The van der Waals surface area contributed by atoms with Crippen LogP contribution in [0.3, 0.4) is 0 Å². The number of sulfonamides is 1. The minimum absolute atomic E-state index is 0.0794. The molecule has 2 aromatic carbocycles. The molecule has 0 saturated carbocycles. The maximum atomic E-state index is 12.6. The Hall–Kier alpha value is -1.43. The summed E-state index contributed by atoms with van der Waals surface area (Å²) >= 11 is 11.9. The van der Waals surface area contributed by atoms with Gasteiger partial charge in [-0.3, -0.25) is 4.31 Å². The third-order valence-corrected chi connectivity index (χ3v) is 5.27. The molecule has 112 valence electrons. The van der Waals surface area contributed by atoms with Crippen LogP contribution in [0.4, 0.5) is 5.69 Å². The van der Waals surface area contributed by atoms with Crippen LogP contribution in [0.15, 0.2) is 47.4 Å². The van der Waals surface area contributed by atoms with E-state index in [4.69, 9.17) is 27.9 Å². The van der Waals surface area contributed by atoms with Gasteiger partial charge < -0.3 is 4.74 Å². The lowest BCUT2D eigenvalue weighted by Crippen LogP contribution is -2.26. The van der Waals surface area contributed by atoms with E-state index in [0.29, 0.717) is 16.5 Å². The number of benzene rings is 2. The Kier molecular flexibility index (Phi) is 4.66. The summed E-state index contributed by atoms with van der Waals surface area (Å²) in [7, 11) is -0.798. The van der Waals surface area contributed by atoms with Crippen LogP contribution in [0, 0.1) is 0 Å². The highest BCUT2D eigenvalue weighted by Crippen LogP contribution is 2.30. The average molecular weight is 346 g/mol. The van der Waals surface area contributed by atoms with Gasteiger partial charge in [0.25, 0.3) is 10.0 Å². The molecule has 0 radical (unpaired) electrons. The Labute approximate surface area is 133 Å². The van der Waals surface area contributed by atoms with Crippen LogP contribution in [-0.4, -0.2) is 22.6 Å². The molecule has 0 fully saturated rings. The fourth-order valence-corrected chi connectivity index (χ4v) is 3.50. The number of hydrogen-bond donors (Lipinski definition) is 0. The SMILES string of the molecule is COc1ccc(S(=O)(=O)N(C)c2cccc(Cl)c2)cc1Cl. The van der Waals surface area contributed by atoms with E-state index in [1.165, 1.54) is 32.4 Å². The topological polar surface area (TPSA) is 46.6 Å². The van der Waals surface area contributed by atoms with Crippen molar-refractivity contribution in [2.45, 2.75) is 4.90 Å². The van der Waals surface area contributed by atoms with Gasteiger partial charge in [0.2, 0.25) is 0 Å². The van der Waals surface area contributed by atoms with Gasteiger partial charge in [0.15, 0.2) is 0 Å². The van der Waals surface area contributed by atoms with Crippen LogP contribution in [0.25, 0.3) is 0 Å². The molecular formula is C14H13Cl2NO3S. The van der Waals surface area contributed by atoms with Gasteiger partial charge in [-0.1, -0.05) is 29.3 Å². The molecule has 0 aliphatic heterocycles. The Balaban J connectivity index is 2.44. The van der Waals surface area contributed by atoms with Crippen LogP contribution < -0.4 is 9.04 Å². The molecule has 0 aliphatic rings. The predicted octanol–water partition coefficient (Wildman–Crippen LogP) is 3.83. The summed E-state index contributed by atoms with van der Waals surface area (Å²) in [5.41, 5.74) is 0.467. The maximum absolute atomic E-state index is 12.6. The minimum Gasteiger partial charge on any atom is -0.495 e. The van der Waals surface area contributed by atoms with Gasteiger partial charge in [-0.25, -0.2) is 8.42 Å². The van der Waals surface area contributed by atoms with Crippen LogP contribution in [-0.2, 0) is 10.0 Å². The molecule has 0 heterocycles. The fourth-order valence-electron chi connectivity index (χ4n) is 1.78. The third-order valence-electron chi connectivity index (χ3n) is 2.95. The van der Waals surface area contributed by atoms with Gasteiger partial charge in [0, 0.05) is 12.1 Å². The smallest absolute Gasteiger partial charge is 0.264 e. The van der Waals surface area contributed by atoms with Crippen LogP contribution in [0.2, 0.25) is 10.0 Å². The first-order valence-corrected chi connectivity index (χ1v) is 8.14. The van der Waals surface area contributed by atoms with Crippen LogP contribution in [0.1, 0.15) is 0 Å². The summed E-state index contributed by atoms with van der Waals surface area (Å²) < 4.78 is 31.3. The molecule has 0 aliphatic carbocycles. The average Bonchev–Trinajstić information content (AvgIpc) is 2.46. The monoisotopic (exact) mass is 345 g/mol. The largest absolute Gasteiger partial charge is 0.495 e. The molecule has 2 rings (SSSR count). The van der Waals surface area contributed by atoms with Gasteiger partial charge in [0.05, 0.1) is 22.7 Å². The van der Waals surface area contributed by atoms with Crippen molar-refractivity contribution in [1.82, 2.24) is 0 Å². The lowest BCUT2D eigenvalue weighted by molar-refractivity contribution is 0.414. The van der Waals surface area contributed by atoms with Crippen molar-refractivity contribution in [2.75, 3.05) is 18.5 Å². The molecule has 0 unspecified atom stereocenters. The minimum atomic E-state index is -3.72. The number of ether oxygens (including phenoxy) is 1. The maximum Gasteiger partial charge on any atom is 0.264 e. The Bertz CT molecular complexity index is 763. The van der Waals surface area contributed by atoms with Crippen molar-refractivity contribution < 1.29 is 13.2 Å². The first kappa shape index (κ1) is 15.9. The molecule has 0 aromatic heterocycles. The fraction of sp³-hybridized carbons (Fsp3) is 0.143. The molecule has 21 heavy (non-hydrogen) atoms. The zero-order chi connectivity index (χ0) is 15.6. The summed E-state index contributed by atoms with van der Waals surface area (Å²) in [6.07, 6.45) is 0. The van der Waals surface area contributed by atoms with Crippen molar-refractivity contribution in [1.29, 1.82) is 0 Å². The van der Waals surface area contributed by atoms with Gasteiger partial charge in [-0.15, -0.1) is 0 Å². The van der Waals surface area contributed by atoms with E-state index >= 15 is 0 Å². The Morgan fingerprint density at radius 2 is 1.81 bits per heavy atom. The van der Waals surface area contributed by atoms with E-state index in [9.17, 15) is 8.42 Å². The first-order valence-electron chi connectivity index (χ1n) is 5.94. The first-order chi connectivity index (χ1) is 9.86. The number of nitrogens with zero attached hydrogens (tertiary/aromatic N) is 1. The number of methoxy groups -OCH3 is 1. The molecule has 0 saturated heterocycles. The number of anilines is 1. The second-order valence-electron chi connectivity index (χ2n) is 4.25. The molecule has 0 N–H and O–H groups in total. The number of halogens is 2. The van der Waals surface area contributed by atoms with E-state index < -0.39 is 10.0 Å². The lowest BCUT2D eigenvalue weighted by Gasteiger charge is -2.20. The molecule has 4 nitrogen and oxygen atoms in total. The van der Waals surface area contributed by atoms with E-state index in [-0.39, 0.29) is 9.92 Å². The summed E-state index contributed by atoms with van der Waals surface area (Å²) in [5.74, 6) is 0.418. The molecule has 7 heteroatoms. The molecule has 0 bridgehead atoms. The van der Waals surface area contributed by atoms with Crippen LogP contribution in [0.5, 0.6) is 5.75 Å². The van der Waals surface area contributed by atoms with Gasteiger partial charge in [-0.05, 0) is 36.4 Å². The van der Waals surface area contributed by atoms with Gasteiger partial charge in [0.1, 0.15) is 5.75 Å². The van der Waals surface area contributed by atoms with Crippen molar-refractivity contribution in [3.8, 4) is 5.75 Å². The normalized spacial score (nSPS) is 11.2. The Morgan fingerprint density at radius 3 is 2.38 bits per heavy atom. The van der Waals surface area contributed by atoms with Gasteiger partial charge >= 0.3 is 0 Å². The summed E-state index contributed by atoms with van der Waals surface area (Å²) in [4.78, 5) is 0.0794. The number of rotatable bonds is 4. The summed E-state index contributed by atoms with van der Waals surface area (Å²) in [6, 6.07) is 10.9. The molecule has 2 aromatic rings. The molecular weight excluding hydrogens is 333 g/mol. The second kappa shape index (κ2) is 6.13. The third kappa shape index (κ3) is 3.26. The molecule has 0 amide bonds. The standard InChI is InChI=1S/C14H13Cl2NO3S/c1-17(11-5-3-4-10(15)8-11)21(18,19)12-6-7-14(20-2)13(16)9-12/h3-9H,1-2H3. The second-order valence-corrected chi connectivity index (χ2v) is 7.06. The summed E-state index contributed by atoms with van der Waals surface area (Å²) in [5, 5.41) is 0.695. The van der Waals surface area contributed by atoms with Crippen molar-refractivity contribution in [2.24, 2.45) is 0 Å².